The summed E-state index contributed by atoms with van der Waals surface area (Å²) in [5.74, 6) is 0.462. The van der Waals surface area contributed by atoms with Crippen LogP contribution in [0.1, 0.15) is 38.5 Å². The molecule has 0 spiro atoms. The number of likely N-dealkylation sites (tertiary alicyclic amines) is 1. The van der Waals surface area contributed by atoms with Crippen molar-refractivity contribution in [1.29, 1.82) is 0 Å². The van der Waals surface area contributed by atoms with Gasteiger partial charge >= 0.3 is 0 Å². The van der Waals surface area contributed by atoms with Crippen molar-refractivity contribution in [2.24, 2.45) is 11.0 Å². The molecule has 0 aromatic rings. The van der Waals surface area contributed by atoms with Crippen molar-refractivity contribution in [3.05, 3.63) is 10.4 Å². The van der Waals surface area contributed by atoms with Crippen molar-refractivity contribution < 1.29 is 5.11 Å². The highest BCUT2D eigenvalue weighted by molar-refractivity contribution is 4.95. The lowest BCUT2D eigenvalue weighted by Gasteiger charge is -2.47. The standard InChI is InChI=1S/C12H22N4O/c13-15-14-7-3-8-16-9-6-12(17)5-2-1-4-11(12)10-16/h11,17H,1-10H2. The second-order valence-corrected chi connectivity index (χ2v) is 5.40. The van der Waals surface area contributed by atoms with Crippen LogP contribution < -0.4 is 0 Å². The maximum absolute atomic E-state index is 10.5. The second kappa shape index (κ2) is 5.71. The summed E-state index contributed by atoms with van der Waals surface area (Å²) in [7, 11) is 0. The second-order valence-electron chi connectivity index (χ2n) is 5.40. The van der Waals surface area contributed by atoms with Gasteiger partial charge in [0.2, 0.25) is 0 Å². The van der Waals surface area contributed by atoms with Crippen LogP contribution in [0.15, 0.2) is 5.11 Å². The molecule has 17 heavy (non-hydrogen) atoms. The van der Waals surface area contributed by atoms with E-state index < -0.39 is 0 Å². The van der Waals surface area contributed by atoms with E-state index in [1.807, 2.05) is 0 Å². The minimum absolute atomic E-state index is 0.375. The summed E-state index contributed by atoms with van der Waals surface area (Å²) in [5, 5.41) is 14.1. The van der Waals surface area contributed by atoms with Gasteiger partial charge < -0.3 is 10.0 Å². The van der Waals surface area contributed by atoms with Gasteiger partial charge in [-0.1, -0.05) is 18.0 Å². The van der Waals surface area contributed by atoms with Crippen LogP contribution in [0.25, 0.3) is 10.4 Å². The van der Waals surface area contributed by atoms with E-state index in [1.54, 1.807) is 0 Å². The molecule has 1 N–H and O–H groups in total. The first kappa shape index (κ1) is 12.7. The van der Waals surface area contributed by atoms with Crippen molar-refractivity contribution in [3.63, 3.8) is 0 Å². The normalized spacial score (nSPS) is 33.8. The van der Waals surface area contributed by atoms with E-state index in [0.29, 0.717) is 12.5 Å². The third kappa shape index (κ3) is 3.12. The van der Waals surface area contributed by atoms with E-state index in [9.17, 15) is 5.11 Å². The van der Waals surface area contributed by atoms with Gasteiger partial charge in [0.15, 0.2) is 0 Å². The van der Waals surface area contributed by atoms with Crippen LogP contribution >= 0.6 is 0 Å². The summed E-state index contributed by atoms with van der Waals surface area (Å²) in [6.07, 6.45) is 6.45. The Morgan fingerprint density at radius 2 is 2.29 bits per heavy atom. The molecule has 0 aromatic carbocycles. The van der Waals surface area contributed by atoms with E-state index in [2.05, 4.69) is 14.9 Å². The number of hydrogen-bond donors (Lipinski definition) is 1. The van der Waals surface area contributed by atoms with E-state index in [4.69, 9.17) is 5.53 Å². The summed E-state index contributed by atoms with van der Waals surface area (Å²) in [4.78, 5) is 5.18. The fourth-order valence-corrected chi connectivity index (χ4v) is 3.25. The maximum atomic E-state index is 10.5. The summed E-state index contributed by atoms with van der Waals surface area (Å²) in [6, 6.07) is 0. The zero-order valence-corrected chi connectivity index (χ0v) is 10.4. The number of azide groups is 1. The van der Waals surface area contributed by atoms with Crippen LogP contribution in [0.5, 0.6) is 0 Å². The zero-order valence-electron chi connectivity index (χ0n) is 10.4. The molecule has 1 aliphatic carbocycles. The summed E-state index contributed by atoms with van der Waals surface area (Å²) in [5.41, 5.74) is 7.83. The first-order chi connectivity index (χ1) is 8.24. The van der Waals surface area contributed by atoms with Gasteiger partial charge in [0.1, 0.15) is 0 Å². The summed E-state index contributed by atoms with van der Waals surface area (Å²) >= 11 is 0. The first-order valence-electron chi connectivity index (χ1n) is 6.70. The van der Waals surface area contributed by atoms with Gasteiger partial charge in [-0.05, 0) is 37.8 Å². The van der Waals surface area contributed by atoms with Crippen molar-refractivity contribution in [2.45, 2.75) is 44.1 Å². The third-order valence-corrected chi connectivity index (χ3v) is 4.31. The van der Waals surface area contributed by atoms with Crippen LogP contribution in [0.4, 0.5) is 0 Å². The fraction of sp³-hybridized carbons (Fsp3) is 1.00. The SMILES string of the molecule is [N-]=[N+]=NCCCN1CCC2(O)CCCCC2C1. The molecule has 2 rings (SSSR count). The molecule has 0 aromatic heterocycles. The molecule has 0 radical (unpaired) electrons. The predicted molar refractivity (Wildman–Crippen MR) is 66.6 cm³/mol. The average Bonchev–Trinajstić information content (AvgIpc) is 2.34. The molecular weight excluding hydrogens is 216 g/mol. The Morgan fingerprint density at radius 3 is 3.12 bits per heavy atom. The van der Waals surface area contributed by atoms with Crippen LogP contribution in [0, 0.1) is 5.92 Å². The Kier molecular flexibility index (Phi) is 4.26. The summed E-state index contributed by atoms with van der Waals surface area (Å²) in [6.45, 7) is 3.59. The highest BCUT2D eigenvalue weighted by Crippen LogP contribution is 2.39. The molecule has 1 aliphatic heterocycles. The van der Waals surface area contributed by atoms with E-state index in [1.165, 1.54) is 19.3 Å². The Balaban J connectivity index is 1.78. The zero-order chi connectivity index (χ0) is 12.1. The van der Waals surface area contributed by atoms with Crippen molar-refractivity contribution in [1.82, 2.24) is 4.90 Å². The molecule has 1 heterocycles. The number of hydrogen-bond acceptors (Lipinski definition) is 3. The molecule has 1 saturated heterocycles. The molecule has 1 saturated carbocycles. The Labute approximate surface area is 102 Å². The molecule has 2 atom stereocenters. The van der Waals surface area contributed by atoms with Crippen molar-refractivity contribution >= 4 is 0 Å². The molecule has 5 heteroatoms. The number of nitrogens with zero attached hydrogens (tertiary/aromatic N) is 4. The molecule has 2 aliphatic rings. The maximum Gasteiger partial charge on any atom is 0.0700 e. The van der Waals surface area contributed by atoms with Gasteiger partial charge in [-0.2, -0.15) is 0 Å². The van der Waals surface area contributed by atoms with Crippen LogP contribution in [-0.2, 0) is 0 Å². The highest BCUT2D eigenvalue weighted by Gasteiger charge is 2.42. The van der Waals surface area contributed by atoms with Crippen LogP contribution in [-0.4, -0.2) is 41.8 Å². The van der Waals surface area contributed by atoms with Crippen molar-refractivity contribution in [2.75, 3.05) is 26.2 Å². The number of aliphatic hydroxyl groups is 1. The number of fused-ring (bicyclic) bond motifs is 1. The number of piperidine rings is 1. The topological polar surface area (TPSA) is 72.2 Å². The van der Waals surface area contributed by atoms with Gasteiger partial charge in [-0.25, -0.2) is 0 Å². The van der Waals surface area contributed by atoms with Gasteiger partial charge in [0, 0.05) is 30.5 Å². The molecule has 96 valence electrons. The lowest BCUT2D eigenvalue weighted by atomic mass is 9.71. The molecule has 0 amide bonds. The van der Waals surface area contributed by atoms with Crippen molar-refractivity contribution in [3.8, 4) is 0 Å². The number of rotatable bonds is 4. The minimum atomic E-state index is -0.375. The third-order valence-electron chi connectivity index (χ3n) is 4.31. The Bertz CT molecular complexity index is 303. The van der Waals surface area contributed by atoms with E-state index in [-0.39, 0.29) is 5.60 Å². The average molecular weight is 238 g/mol. The summed E-state index contributed by atoms with van der Waals surface area (Å²) < 4.78 is 0. The van der Waals surface area contributed by atoms with Gasteiger partial charge in [-0.15, -0.1) is 0 Å². The van der Waals surface area contributed by atoms with E-state index in [0.717, 1.165) is 38.9 Å². The lowest BCUT2D eigenvalue weighted by molar-refractivity contribution is -0.0952. The quantitative estimate of drug-likeness (QED) is 0.353. The molecular formula is C12H22N4O. The molecule has 0 bridgehead atoms. The lowest BCUT2D eigenvalue weighted by Crippen LogP contribution is -2.53. The Hall–Kier alpha value is -0.770. The van der Waals surface area contributed by atoms with E-state index >= 15 is 0 Å². The van der Waals surface area contributed by atoms with Crippen LogP contribution in [0.2, 0.25) is 0 Å². The molecule has 2 fully saturated rings. The van der Waals surface area contributed by atoms with Crippen LogP contribution in [0.3, 0.4) is 0 Å². The fourth-order valence-electron chi connectivity index (χ4n) is 3.25. The Morgan fingerprint density at radius 1 is 1.41 bits per heavy atom. The monoisotopic (exact) mass is 238 g/mol. The molecule has 5 nitrogen and oxygen atoms in total. The predicted octanol–water partition coefficient (Wildman–Crippen LogP) is 2.31. The first-order valence-corrected chi connectivity index (χ1v) is 6.70. The molecule has 2 unspecified atom stereocenters. The van der Waals surface area contributed by atoms with Gasteiger partial charge in [-0.3, -0.25) is 0 Å². The minimum Gasteiger partial charge on any atom is -0.390 e. The van der Waals surface area contributed by atoms with Gasteiger partial charge in [0.25, 0.3) is 0 Å². The smallest absolute Gasteiger partial charge is 0.0700 e. The highest BCUT2D eigenvalue weighted by atomic mass is 16.3. The largest absolute Gasteiger partial charge is 0.390 e. The van der Waals surface area contributed by atoms with Gasteiger partial charge in [0.05, 0.1) is 5.60 Å².